The lowest BCUT2D eigenvalue weighted by Gasteiger charge is -2.20. The van der Waals surface area contributed by atoms with E-state index in [-0.39, 0.29) is 12.4 Å². The minimum Gasteiger partial charge on any atom is -0.396 e. The van der Waals surface area contributed by atoms with E-state index < -0.39 is 0 Å². The van der Waals surface area contributed by atoms with Gasteiger partial charge in [-0.15, -0.1) is 0 Å². The van der Waals surface area contributed by atoms with Crippen LogP contribution in [0, 0.1) is 5.82 Å². The standard InChI is InChI=1S/C12H17ClFNO/c1-2-15(6-3-7-16)9-10-8-11(13)4-5-12(10)14/h4-5,8,16H,2-3,6-7,9H2,1H3. The van der Waals surface area contributed by atoms with Gasteiger partial charge in [-0.25, -0.2) is 4.39 Å². The molecular weight excluding hydrogens is 229 g/mol. The summed E-state index contributed by atoms with van der Waals surface area (Å²) in [5.41, 5.74) is 0.604. The molecule has 0 aromatic heterocycles. The van der Waals surface area contributed by atoms with Gasteiger partial charge >= 0.3 is 0 Å². The molecule has 1 N–H and O–H groups in total. The van der Waals surface area contributed by atoms with Gasteiger partial charge in [-0.1, -0.05) is 18.5 Å². The molecular formula is C12H17ClFNO. The minimum absolute atomic E-state index is 0.161. The number of nitrogens with zero attached hydrogens (tertiary/aromatic N) is 1. The summed E-state index contributed by atoms with van der Waals surface area (Å²) >= 11 is 5.82. The molecule has 0 radical (unpaired) electrons. The third kappa shape index (κ3) is 4.08. The van der Waals surface area contributed by atoms with Gasteiger partial charge in [-0.3, -0.25) is 4.90 Å². The summed E-state index contributed by atoms with van der Waals surface area (Å²) in [5.74, 6) is -0.230. The maximum absolute atomic E-state index is 13.5. The maximum Gasteiger partial charge on any atom is 0.127 e. The lowest BCUT2D eigenvalue weighted by atomic mass is 10.2. The second kappa shape index (κ2) is 6.84. The predicted molar refractivity (Wildman–Crippen MR) is 64.1 cm³/mol. The first-order valence-corrected chi connectivity index (χ1v) is 5.82. The highest BCUT2D eigenvalue weighted by molar-refractivity contribution is 6.30. The Balaban J connectivity index is 2.65. The monoisotopic (exact) mass is 245 g/mol. The fourth-order valence-corrected chi connectivity index (χ4v) is 1.74. The van der Waals surface area contributed by atoms with Gasteiger partial charge in [0.05, 0.1) is 0 Å². The first kappa shape index (κ1) is 13.4. The second-order valence-corrected chi connectivity index (χ2v) is 4.12. The smallest absolute Gasteiger partial charge is 0.127 e. The van der Waals surface area contributed by atoms with Crippen molar-refractivity contribution in [3.05, 3.63) is 34.6 Å². The number of rotatable bonds is 6. The van der Waals surface area contributed by atoms with Crippen LogP contribution in [0.5, 0.6) is 0 Å². The molecule has 0 aliphatic rings. The molecule has 1 rings (SSSR count). The molecule has 16 heavy (non-hydrogen) atoms. The Labute approximate surface area is 101 Å². The lowest BCUT2D eigenvalue weighted by Crippen LogP contribution is -2.25. The Bertz CT molecular complexity index is 333. The number of benzene rings is 1. The van der Waals surface area contributed by atoms with E-state index in [9.17, 15) is 4.39 Å². The molecule has 0 saturated carbocycles. The van der Waals surface area contributed by atoms with Crippen molar-refractivity contribution in [2.75, 3.05) is 19.7 Å². The van der Waals surface area contributed by atoms with Gasteiger partial charge in [0.25, 0.3) is 0 Å². The van der Waals surface area contributed by atoms with Crippen LogP contribution in [0.25, 0.3) is 0 Å². The molecule has 4 heteroatoms. The molecule has 0 bridgehead atoms. The highest BCUT2D eigenvalue weighted by Gasteiger charge is 2.08. The van der Waals surface area contributed by atoms with Crippen LogP contribution < -0.4 is 0 Å². The summed E-state index contributed by atoms with van der Waals surface area (Å²) in [6.45, 7) is 4.29. The van der Waals surface area contributed by atoms with Crippen molar-refractivity contribution >= 4 is 11.6 Å². The highest BCUT2D eigenvalue weighted by Crippen LogP contribution is 2.16. The largest absolute Gasteiger partial charge is 0.396 e. The van der Waals surface area contributed by atoms with Crippen molar-refractivity contribution in [1.29, 1.82) is 0 Å². The van der Waals surface area contributed by atoms with Gasteiger partial charge in [0, 0.05) is 30.3 Å². The Morgan fingerprint density at radius 1 is 1.44 bits per heavy atom. The number of aliphatic hydroxyl groups is 1. The first-order chi connectivity index (χ1) is 7.67. The average molecular weight is 246 g/mol. The Kier molecular flexibility index (Phi) is 5.74. The van der Waals surface area contributed by atoms with Gasteiger partial charge in [-0.05, 0) is 31.2 Å². The van der Waals surface area contributed by atoms with E-state index in [1.165, 1.54) is 6.07 Å². The molecule has 90 valence electrons. The van der Waals surface area contributed by atoms with Crippen LogP contribution in [0.2, 0.25) is 5.02 Å². The van der Waals surface area contributed by atoms with Crippen LogP contribution in [-0.4, -0.2) is 29.7 Å². The molecule has 2 nitrogen and oxygen atoms in total. The topological polar surface area (TPSA) is 23.5 Å². The third-order valence-electron chi connectivity index (χ3n) is 2.48. The number of aliphatic hydroxyl groups excluding tert-OH is 1. The highest BCUT2D eigenvalue weighted by atomic mass is 35.5. The van der Waals surface area contributed by atoms with Crippen molar-refractivity contribution in [3.63, 3.8) is 0 Å². The molecule has 0 amide bonds. The molecule has 1 aromatic carbocycles. The number of halogens is 2. The lowest BCUT2D eigenvalue weighted by molar-refractivity contribution is 0.224. The predicted octanol–water partition coefficient (Wildman–Crippen LogP) is 2.68. The van der Waals surface area contributed by atoms with E-state index in [1.807, 2.05) is 6.92 Å². The molecule has 0 fully saturated rings. The molecule has 0 spiro atoms. The average Bonchev–Trinajstić information content (AvgIpc) is 2.28. The first-order valence-electron chi connectivity index (χ1n) is 5.44. The fraction of sp³-hybridized carbons (Fsp3) is 0.500. The number of hydrogen-bond acceptors (Lipinski definition) is 2. The minimum atomic E-state index is -0.230. The van der Waals surface area contributed by atoms with Crippen LogP contribution in [0.15, 0.2) is 18.2 Å². The van der Waals surface area contributed by atoms with Crippen LogP contribution >= 0.6 is 11.6 Å². The summed E-state index contributed by atoms with van der Waals surface area (Å²) in [5, 5.41) is 9.30. The molecule has 0 unspecified atom stereocenters. The summed E-state index contributed by atoms with van der Waals surface area (Å²) in [6, 6.07) is 4.58. The SMILES string of the molecule is CCN(CCCO)Cc1cc(Cl)ccc1F. The van der Waals surface area contributed by atoms with Crippen LogP contribution in [0.4, 0.5) is 4.39 Å². The number of hydrogen-bond donors (Lipinski definition) is 1. The quantitative estimate of drug-likeness (QED) is 0.833. The Morgan fingerprint density at radius 2 is 2.19 bits per heavy atom. The van der Waals surface area contributed by atoms with Gasteiger partial charge in [-0.2, -0.15) is 0 Å². The third-order valence-corrected chi connectivity index (χ3v) is 2.72. The van der Waals surface area contributed by atoms with Crippen LogP contribution in [-0.2, 0) is 6.54 Å². The van der Waals surface area contributed by atoms with E-state index in [0.29, 0.717) is 23.6 Å². The molecule has 0 atom stereocenters. The van der Waals surface area contributed by atoms with Gasteiger partial charge in [0.1, 0.15) is 5.82 Å². The normalized spacial score (nSPS) is 11.1. The summed E-state index contributed by atoms with van der Waals surface area (Å²) < 4.78 is 13.5. The van der Waals surface area contributed by atoms with Crippen LogP contribution in [0.3, 0.4) is 0 Å². The van der Waals surface area contributed by atoms with Crippen LogP contribution in [0.1, 0.15) is 18.9 Å². The van der Waals surface area contributed by atoms with Crippen molar-refractivity contribution in [2.45, 2.75) is 19.9 Å². The van der Waals surface area contributed by atoms with Crippen molar-refractivity contribution in [3.8, 4) is 0 Å². The maximum atomic E-state index is 13.5. The molecule has 0 aliphatic carbocycles. The van der Waals surface area contributed by atoms with E-state index >= 15 is 0 Å². The van der Waals surface area contributed by atoms with E-state index in [1.54, 1.807) is 12.1 Å². The summed E-state index contributed by atoms with van der Waals surface area (Å²) in [6.07, 6.45) is 0.704. The molecule has 0 saturated heterocycles. The van der Waals surface area contributed by atoms with Crippen molar-refractivity contribution < 1.29 is 9.50 Å². The summed E-state index contributed by atoms with van der Waals surface area (Å²) in [4.78, 5) is 2.07. The van der Waals surface area contributed by atoms with Gasteiger partial charge in [0.2, 0.25) is 0 Å². The molecule has 1 aromatic rings. The zero-order valence-electron chi connectivity index (χ0n) is 9.42. The van der Waals surface area contributed by atoms with Crippen molar-refractivity contribution in [1.82, 2.24) is 4.90 Å². The zero-order chi connectivity index (χ0) is 12.0. The van der Waals surface area contributed by atoms with Gasteiger partial charge < -0.3 is 5.11 Å². The zero-order valence-corrected chi connectivity index (χ0v) is 10.2. The van der Waals surface area contributed by atoms with E-state index in [0.717, 1.165) is 13.1 Å². The van der Waals surface area contributed by atoms with E-state index in [2.05, 4.69) is 4.90 Å². The Hall–Kier alpha value is -0.640. The van der Waals surface area contributed by atoms with Crippen molar-refractivity contribution in [2.24, 2.45) is 0 Å². The summed E-state index contributed by atoms with van der Waals surface area (Å²) in [7, 11) is 0. The Morgan fingerprint density at radius 3 is 2.81 bits per heavy atom. The fourth-order valence-electron chi connectivity index (χ4n) is 1.55. The van der Waals surface area contributed by atoms with E-state index in [4.69, 9.17) is 16.7 Å². The molecule has 0 heterocycles. The second-order valence-electron chi connectivity index (χ2n) is 3.68. The van der Waals surface area contributed by atoms with Gasteiger partial charge in [0.15, 0.2) is 0 Å². The molecule has 0 aliphatic heterocycles.